The highest BCUT2D eigenvalue weighted by Crippen LogP contribution is 2.31. The molecule has 0 bridgehead atoms. The third kappa shape index (κ3) is 2.01. The number of halogens is 1. The summed E-state index contributed by atoms with van der Waals surface area (Å²) in [6.45, 7) is 2.09. The fourth-order valence-electron chi connectivity index (χ4n) is 1.29. The molecule has 1 unspecified atom stereocenters. The molecule has 0 amide bonds. The van der Waals surface area contributed by atoms with Gasteiger partial charge in [-0.25, -0.2) is 0 Å². The van der Waals surface area contributed by atoms with Gasteiger partial charge in [-0.15, -0.1) is 22.7 Å². The van der Waals surface area contributed by atoms with Gasteiger partial charge < -0.3 is 5.73 Å². The van der Waals surface area contributed by atoms with Crippen molar-refractivity contribution < 1.29 is 0 Å². The quantitative estimate of drug-likeness (QED) is 0.853. The maximum absolute atomic E-state index is 6.10. The molecule has 0 spiro atoms. The molecule has 0 saturated heterocycles. The van der Waals surface area contributed by atoms with Gasteiger partial charge in [-0.2, -0.15) is 0 Å². The lowest BCUT2D eigenvalue weighted by atomic mass is 10.1. The second kappa shape index (κ2) is 4.03. The van der Waals surface area contributed by atoms with Crippen molar-refractivity contribution in [3.8, 4) is 0 Å². The van der Waals surface area contributed by atoms with E-state index in [1.54, 1.807) is 22.7 Å². The first-order valence-corrected chi connectivity index (χ1v) is 6.30. The van der Waals surface area contributed by atoms with Gasteiger partial charge in [-0.05, 0) is 36.1 Å². The highest BCUT2D eigenvalue weighted by molar-refractivity contribution is 7.16. The van der Waals surface area contributed by atoms with Crippen molar-refractivity contribution in [2.45, 2.75) is 13.0 Å². The molecule has 14 heavy (non-hydrogen) atoms. The summed E-state index contributed by atoms with van der Waals surface area (Å²) in [6.07, 6.45) is 0. The Bertz CT molecular complexity index is 393. The molecule has 1 nitrogen and oxygen atoms in total. The van der Waals surface area contributed by atoms with Crippen LogP contribution in [0, 0.1) is 6.92 Å². The van der Waals surface area contributed by atoms with Crippen molar-refractivity contribution in [2.24, 2.45) is 5.73 Å². The SMILES string of the molecule is Cc1cc(C(N)c2ccc(Cl)s2)cs1. The molecule has 0 aliphatic carbocycles. The molecular formula is C10H10ClNS2. The largest absolute Gasteiger partial charge is 0.320 e. The zero-order valence-corrected chi connectivity index (χ0v) is 10.0. The van der Waals surface area contributed by atoms with E-state index in [1.165, 1.54) is 10.4 Å². The van der Waals surface area contributed by atoms with Gasteiger partial charge >= 0.3 is 0 Å². The summed E-state index contributed by atoms with van der Waals surface area (Å²) < 4.78 is 0.794. The lowest BCUT2D eigenvalue weighted by molar-refractivity contribution is 0.899. The second-order valence-corrected chi connectivity index (χ2v) is 5.97. The lowest BCUT2D eigenvalue weighted by Crippen LogP contribution is -2.08. The Morgan fingerprint density at radius 1 is 1.43 bits per heavy atom. The van der Waals surface area contributed by atoms with Crippen LogP contribution in [-0.2, 0) is 0 Å². The standard InChI is InChI=1S/C10H10ClNS2/c1-6-4-7(5-13-6)10(12)8-2-3-9(11)14-8/h2-5,10H,12H2,1H3. The predicted molar refractivity (Wildman–Crippen MR) is 64.4 cm³/mol. The average molecular weight is 244 g/mol. The molecule has 2 N–H and O–H groups in total. The molecule has 2 aromatic rings. The molecule has 1 atom stereocenters. The van der Waals surface area contributed by atoms with Crippen LogP contribution in [0.5, 0.6) is 0 Å². The number of nitrogens with two attached hydrogens (primary N) is 1. The summed E-state index contributed by atoms with van der Waals surface area (Å²) in [5.41, 5.74) is 7.27. The summed E-state index contributed by atoms with van der Waals surface area (Å²) >= 11 is 9.13. The van der Waals surface area contributed by atoms with Crippen LogP contribution in [0.2, 0.25) is 4.34 Å². The Morgan fingerprint density at radius 2 is 2.21 bits per heavy atom. The van der Waals surface area contributed by atoms with Crippen LogP contribution in [0.15, 0.2) is 23.6 Å². The fourth-order valence-corrected chi connectivity index (χ4v) is 3.12. The first kappa shape index (κ1) is 10.2. The van der Waals surface area contributed by atoms with Crippen LogP contribution >= 0.6 is 34.3 Å². The summed E-state index contributed by atoms with van der Waals surface area (Å²) in [4.78, 5) is 2.41. The Morgan fingerprint density at radius 3 is 2.71 bits per heavy atom. The molecule has 0 radical (unpaired) electrons. The van der Waals surface area contributed by atoms with E-state index < -0.39 is 0 Å². The first-order chi connectivity index (χ1) is 6.66. The number of hydrogen-bond acceptors (Lipinski definition) is 3. The van der Waals surface area contributed by atoms with Crippen LogP contribution in [0.25, 0.3) is 0 Å². The van der Waals surface area contributed by atoms with Crippen molar-refractivity contribution in [2.75, 3.05) is 0 Å². The van der Waals surface area contributed by atoms with E-state index in [1.807, 2.05) is 12.1 Å². The predicted octanol–water partition coefficient (Wildman–Crippen LogP) is 3.82. The molecule has 2 aromatic heterocycles. The van der Waals surface area contributed by atoms with Gasteiger partial charge in [-0.1, -0.05) is 11.6 Å². The molecule has 2 rings (SSSR count). The van der Waals surface area contributed by atoms with Gasteiger partial charge in [0, 0.05) is 9.75 Å². The van der Waals surface area contributed by atoms with Gasteiger partial charge in [0.2, 0.25) is 0 Å². The molecule has 74 valence electrons. The smallest absolute Gasteiger partial charge is 0.0931 e. The number of aryl methyl sites for hydroxylation is 1. The molecule has 4 heteroatoms. The van der Waals surface area contributed by atoms with E-state index >= 15 is 0 Å². The Labute approximate surface area is 96.1 Å². The molecule has 0 aliphatic rings. The molecule has 0 aromatic carbocycles. The highest BCUT2D eigenvalue weighted by Gasteiger charge is 2.12. The highest BCUT2D eigenvalue weighted by atomic mass is 35.5. The molecule has 0 aliphatic heterocycles. The Balaban J connectivity index is 2.28. The summed E-state index contributed by atoms with van der Waals surface area (Å²) in [7, 11) is 0. The minimum absolute atomic E-state index is 0.0301. The zero-order valence-electron chi connectivity index (χ0n) is 7.66. The molecule has 0 fully saturated rings. The third-order valence-electron chi connectivity index (χ3n) is 2.01. The first-order valence-electron chi connectivity index (χ1n) is 4.22. The van der Waals surface area contributed by atoms with Crippen LogP contribution < -0.4 is 5.73 Å². The topological polar surface area (TPSA) is 26.0 Å². The summed E-state index contributed by atoms with van der Waals surface area (Å²) in [5.74, 6) is 0. The van der Waals surface area contributed by atoms with Gasteiger partial charge in [0.1, 0.15) is 0 Å². The van der Waals surface area contributed by atoms with Gasteiger partial charge in [0.15, 0.2) is 0 Å². The van der Waals surface area contributed by atoms with Gasteiger partial charge in [-0.3, -0.25) is 0 Å². The van der Waals surface area contributed by atoms with Crippen molar-refractivity contribution >= 4 is 34.3 Å². The maximum atomic E-state index is 6.10. The van der Waals surface area contributed by atoms with Crippen LogP contribution in [0.1, 0.15) is 21.4 Å². The second-order valence-electron chi connectivity index (χ2n) is 3.11. The minimum atomic E-state index is -0.0301. The van der Waals surface area contributed by atoms with E-state index in [9.17, 15) is 0 Å². The van der Waals surface area contributed by atoms with E-state index in [0.29, 0.717) is 0 Å². The van der Waals surface area contributed by atoms with Crippen LogP contribution in [0.3, 0.4) is 0 Å². The molecule has 0 saturated carbocycles. The Kier molecular flexibility index (Phi) is 2.93. The molecule has 2 heterocycles. The number of thiophene rings is 2. The van der Waals surface area contributed by atoms with Crippen molar-refractivity contribution in [3.63, 3.8) is 0 Å². The van der Waals surface area contributed by atoms with E-state index in [2.05, 4.69) is 18.4 Å². The lowest BCUT2D eigenvalue weighted by Gasteiger charge is -2.05. The Hall–Kier alpha value is -0.350. The normalized spacial score (nSPS) is 13.1. The van der Waals surface area contributed by atoms with Gasteiger partial charge in [0.25, 0.3) is 0 Å². The summed E-state index contributed by atoms with van der Waals surface area (Å²) in [6, 6.07) is 5.98. The summed E-state index contributed by atoms with van der Waals surface area (Å²) in [5, 5.41) is 2.10. The average Bonchev–Trinajstić information content (AvgIpc) is 2.73. The monoisotopic (exact) mass is 243 g/mol. The number of rotatable bonds is 2. The van der Waals surface area contributed by atoms with E-state index in [4.69, 9.17) is 17.3 Å². The van der Waals surface area contributed by atoms with Crippen molar-refractivity contribution in [3.05, 3.63) is 43.2 Å². The van der Waals surface area contributed by atoms with E-state index in [-0.39, 0.29) is 6.04 Å². The number of hydrogen-bond donors (Lipinski definition) is 1. The third-order valence-corrected chi connectivity index (χ3v) is 4.20. The van der Waals surface area contributed by atoms with Gasteiger partial charge in [0.05, 0.1) is 10.4 Å². The maximum Gasteiger partial charge on any atom is 0.0931 e. The van der Waals surface area contributed by atoms with Crippen LogP contribution in [-0.4, -0.2) is 0 Å². The zero-order chi connectivity index (χ0) is 10.1. The molecular weight excluding hydrogens is 234 g/mol. The van der Waals surface area contributed by atoms with E-state index in [0.717, 1.165) is 9.21 Å². The van der Waals surface area contributed by atoms with Crippen LogP contribution in [0.4, 0.5) is 0 Å². The fraction of sp³-hybridized carbons (Fsp3) is 0.200. The van der Waals surface area contributed by atoms with Crippen molar-refractivity contribution in [1.29, 1.82) is 0 Å². The van der Waals surface area contributed by atoms with Crippen molar-refractivity contribution in [1.82, 2.24) is 0 Å². The minimum Gasteiger partial charge on any atom is -0.320 e.